The van der Waals surface area contributed by atoms with Crippen molar-refractivity contribution >= 4 is 23.5 Å². The number of nitrogens with zero attached hydrogens (tertiary/aromatic N) is 3. The quantitative estimate of drug-likeness (QED) is 0.750. The maximum absolute atomic E-state index is 13.1. The molecular formula is C19H24ClN3O3. The molecule has 0 N–H and O–H groups in total. The molecule has 26 heavy (non-hydrogen) atoms. The SMILES string of the molecule is COC(=O)CN(Cc1ccc(Cl)cc1)C(=O)c1cc(C(C)(C)C)nn1C. The Hall–Kier alpha value is -2.34. The van der Waals surface area contributed by atoms with Crippen molar-refractivity contribution < 1.29 is 14.3 Å². The Kier molecular flexibility index (Phi) is 6.08. The second-order valence-electron chi connectivity index (χ2n) is 7.15. The smallest absolute Gasteiger partial charge is 0.325 e. The molecule has 0 saturated heterocycles. The van der Waals surface area contributed by atoms with Gasteiger partial charge in [-0.25, -0.2) is 0 Å². The van der Waals surface area contributed by atoms with Crippen molar-refractivity contribution in [1.29, 1.82) is 0 Å². The number of amides is 1. The number of esters is 1. The Morgan fingerprint density at radius 1 is 1.23 bits per heavy atom. The normalized spacial score (nSPS) is 11.3. The summed E-state index contributed by atoms with van der Waals surface area (Å²) in [6.07, 6.45) is 0. The summed E-state index contributed by atoms with van der Waals surface area (Å²) in [6.45, 7) is 6.21. The van der Waals surface area contributed by atoms with Crippen LogP contribution in [0.15, 0.2) is 30.3 Å². The highest BCUT2D eigenvalue weighted by Gasteiger charge is 2.26. The van der Waals surface area contributed by atoms with Gasteiger partial charge in [0.15, 0.2) is 0 Å². The molecule has 0 aliphatic carbocycles. The highest BCUT2D eigenvalue weighted by atomic mass is 35.5. The summed E-state index contributed by atoms with van der Waals surface area (Å²) < 4.78 is 6.29. The van der Waals surface area contributed by atoms with Crippen molar-refractivity contribution in [3.63, 3.8) is 0 Å². The minimum Gasteiger partial charge on any atom is -0.468 e. The average molecular weight is 378 g/mol. The highest BCUT2D eigenvalue weighted by molar-refractivity contribution is 6.30. The predicted molar refractivity (Wildman–Crippen MR) is 100 cm³/mol. The molecule has 0 aliphatic heterocycles. The molecule has 2 rings (SSSR count). The number of benzene rings is 1. The Morgan fingerprint density at radius 3 is 2.35 bits per heavy atom. The lowest BCUT2D eigenvalue weighted by molar-refractivity contribution is -0.141. The number of rotatable bonds is 5. The summed E-state index contributed by atoms with van der Waals surface area (Å²) in [6, 6.07) is 8.92. The number of methoxy groups -OCH3 is 1. The maximum Gasteiger partial charge on any atom is 0.325 e. The molecule has 140 valence electrons. The second kappa shape index (κ2) is 7.91. The second-order valence-corrected chi connectivity index (χ2v) is 7.59. The van der Waals surface area contributed by atoms with Gasteiger partial charge in [-0.05, 0) is 23.8 Å². The molecule has 1 aromatic heterocycles. The van der Waals surface area contributed by atoms with Crippen molar-refractivity contribution in [3.8, 4) is 0 Å². The summed E-state index contributed by atoms with van der Waals surface area (Å²) in [4.78, 5) is 26.3. The molecular weight excluding hydrogens is 354 g/mol. The fraction of sp³-hybridized carbons (Fsp3) is 0.421. The Balaban J connectivity index is 2.32. The predicted octanol–water partition coefficient (Wildman–Crippen LogP) is 3.19. The monoisotopic (exact) mass is 377 g/mol. The van der Waals surface area contributed by atoms with Crippen LogP contribution in [0.5, 0.6) is 0 Å². The van der Waals surface area contributed by atoms with Gasteiger partial charge in [-0.1, -0.05) is 44.5 Å². The molecule has 2 aromatic rings. The van der Waals surface area contributed by atoms with E-state index in [2.05, 4.69) is 5.10 Å². The van der Waals surface area contributed by atoms with Crippen LogP contribution in [-0.4, -0.2) is 40.2 Å². The van der Waals surface area contributed by atoms with Gasteiger partial charge in [-0.3, -0.25) is 14.3 Å². The van der Waals surface area contributed by atoms with E-state index in [1.54, 1.807) is 29.9 Å². The van der Waals surface area contributed by atoms with E-state index < -0.39 is 5.97 Å². The Morgan fingerprint density at radius 2 is 1.85 bits per heavy atom. The van der Waals surface area contributed by atoms with Gasteiger partial charge >= 0.3 is 5.97 Å². The van der Waals surface area contributed by atoms with Gasteiger partial charge in [0.05, 0.1) is 12.8 Å². The molecule has 6 nitrogen and oxygen atoms in total. The van der Waals surface area contributed by atoms with E-state index in [0.29, 0.717) is 10.7 Å². The van der Waals surface area contributed by atoms with Crippen LogP contribution in [0, 0.1) is 0 Å². The molecule has 0 bridgehead atoms. The number of hydrogen-bond donors (Lipinski definition) is 0. The fourth-order valence-electron chi connectivity index (χ4n) is 2.43. The molecule has 7 heteroatoms. The molecule has 0 saturated carbocycles. The average Bonchev–Trinajstić information content (AvgIpc) is 2.97. The van der Waals surface area contributed by atoms with Crippen LogP contribution in [0.4, 0.5) is 0 Å². The zero-order valence-electron chi connectivity index (χ0n) is 15.7. The van der Waals surface area contributed by atoms with Crippen LogP contribution < -0.4 is 0 Å². The lowest BCUT2D eigenvalue weighted by Gasteiger charge is -2.21. The summed E-state index contributed by atoms with van der Waals surface area (Å²) in [5, 5.41) is 5.05. The van der Waals surface area contributed by atoms with Crippen molar-refractivity contribution in [3.05, 3.63) is 52.3 Å². The zero-order valence-corrected chi connectivity index (χ0v) is 16.5. The molecule has 0 aliphatic rings. The summed E-state index contributed by atoms with van der Waals surface area (Å²) >= 11 is 5.91. The maximum atomic E-state index is 13.1. The molecule has 0 unspecified atom stereocenters. The van der Waals surface area contributed by atoms with Crippen LogP contribution in [-0.2, 0) is 28.5 Å². The fourth-order valence-corrected chi connectivity index (χ4v) is 2.55. The topological polar surface area (TPSA) is 64.4 Å². The molecule has 0 spiro atoms. The standard InChI is InChI=1S/C19H24ClN3O3/c1-19(2,3)16-10-15(22(4)21-16)18(25)23(12-17(24)26-5)11-13-6-8-14(20)9-7-13/h6-10H,11-12H2,1-5H3. The molecule has 0 radical (unpaired) electrons. The number of ether oxygens (including phenoxy) is 1. The largest absolute Gasteiger partial charge is 0.468 e. The van der Waals surface area contributed by atoms with Crippen molar-refractivity contribution in [1.82, 2.24) is 14.7 Å². The van der Waals surface area contributed by atoms with Crippen molar-refractivity contribution in [2.45, 2.75) is 32.7 Å². The number of hydrogen-bond acceptors (Lipinski definition) is 4. The number of carbonyl (C=O) groups excluding carboxylic acids is 2. The minimum atomic E-state index is -0.481. The summed E-state index contributed by atoms with van der Waals surface area (Å²) in [5.41, 5.74) is 1.92. The highest BCUT2D eigenvalue weighted by Crippen LogP contribution is 2.22. The van der Waals surface area contributed by atoms with Gasteiger partial charge in [-0.15, -0.1) is 0 Å². The molecule has 0 fully saturated rings. The number of aryl methyl sites for hydroxylation is 1. The van der Waals surface area contributed by atoms with Crippen LogP contribution in [0.3, 0.4) is 0 Å². The lowest BCUT2D eigenvalue weighted by atomic mass is 9.92. The molecule has 1 heterocycles. The molecule has 1 aromatic carbocycles. The molecule has 0 atom stereocenters. The van der Waals surface area contributed by atoms with Gasteiger partial charge in [0.25, 0.3) is 5.91 Å². The van der Waals surface area contributed by atoms with E-state index in [1.807, 2.05) is 32.9 Å². The Labute approximate surface area is 158 Å². The number of carbonyl (C=O) groups is 2. The first kappa shape index (κ1) is 20.0. The van der Waals surface area contributed by atoms with Gasteiger partial charge < -0.3 is 9.64 Å². The van der Waals surface area contributed by atoms with Gasteiger partial charge in [0.2, 0.25) is 0 Å². The van der Waals surface area contributed by atoms with Gasteiger partial charge in [-0.2, -0.15) is 5.10 Å². The van der Waals surface area contributed by atoms with E-state index in [4.69, 9.17) is 16.3 Å². The minimum absolute atomic E-state index is 0.145. The van der Waals surface area contributed by atoms with Gasteiger partial charge in [0.1, 0.15) is 12.2 Å². The first-order valence-electron chi connectivity index (χ1n) is 8.27. The van der Waals surface area contributed by atoms with Crippen LogP contribution in [0.1, 0.15) is 42.5 Å². The first-order chi connectivity index (χ1) is 12.1. The zero-order chi connectivity index (χ0) is 19.5. The number of halogens is 1. The first-order valence-corrected chi connectivity index (χ1v) is 8.64. The summed E-state index contributed by atoms with van der Waals surface area (Å²) in [5.74, 6) is -0.763. The number of aromatic nitrogens is 2. The molecule has 1 amide bonds. The van der Waals surface area contributed by atoms with Gasteiger partial charge in [0, 0.05) is 24.0 Å². The van der Waals surface area contributed by atoms with Crippen molar-refractivity contribution in [2.75, 3.05) is 13.7 Å². The van der Waals surface area contributed by atoms with Crippen LogP contribution in [0.25, 0.3) is 0 Å². The summed E-state index contributed by atoms with van der Waals surface area (Å²) in [7, 11) is 3.02. The third kappa shape index (κ3) is 4.85. The van der Waals surface area contributed by atoms with E-state index in [0.717, 1.165) is 11.3 Å². The van der Waals surface area contributed by atoms with Crippen LogP contribution >= 0.6 is 11.6 Å². The van der Waals surface area contributed by atoms with E-state index in [1.165, 1.54) is 12.0 Å². The van der Waals surface area contributed by atoms with Crippen LogP contribution in [0.2, 0.25) is 5.02 Å². The van der Waals surface area contributed by atoms with E-state index in [-0.39, 0.29) is 24.4 Å². The third-order valence-electron chi connectivity index (χ3n) is 3.99. The Bertz CT molecular complexity index is 791. The van der Waals surface area contributed by atoms with E-state index >= 15 is 0 Å². The third-order valence-corrected chi connectivity index (χ3v) is 4.24. The van der Waals surface area contributed by atoms with Crippen molar-refractivity contribution in [2.24, 2.45) is 7.05 Å². The van der Waals surface area contributed by atoms with E-state index in [9.17, 15) is 9.59 Å². The lowest BCUT2D eigenvalue weighted by Crippen LogP contribution is -2.36.